The van der Waals surface area contributed by atoms with Crippen LogP contribution in [0.3, 0.4) is 0 Å². The predicted octanol–water partition coefficient (Wildman–Crippen LogP) is 4.77. The lowest BCUT2D eigenvalue weighted by molar-refractivity contribution is -0.116. The number of likely N-dealkylation sites (tertiary alicyclic amines) is 1. The normalized spacial score (nSPS) is 16.5. The summed E-state index contributed by atoms with van der Waals surface area (Å²) in [4.78, 5) is 26.4. The Morgan fingerprint density at radius 2 is 1.94 bits per heavy atom. The molecule has 0 bridgehead atoms. The quantitative estimate of drug-likeness (QED) is 0.594. The van der Waals surface area contributed by atoms with Crippen molar-refractivity contribution >= 4 is 29.2 Å². The Kier molecular flexibility index (Phi) is 8.32. The zero-order valence-electron chi connectivity index (χ0n) is 18.0. The number of hydrogen-bond acceptors (Lipinski definition) is 5. The maximum absolute atomic E-state index is 12.4. The first-order valence-electron chi connectivity index (χ1n) is 10.5. The molecule has 0 radical (unpaired) electrons. The van der Waals surface area contributed by atoms with Crippen molar-refractivity contribution in [1.82, 2.24) is 4.90 Å². The van der Waals surface area contributed by atoms with Crippen molar-refractivity contribution in [3.63, 3.8) is 0 Å². The molecule has 1 fully saturated rings. The van der Waals surface area contributed by atoms with Gasteiger partial charge in [-0.15, -0.1) is 0 Å². The van der Waals surface area contributed by atoms with Crippen LogP contribution in [0.15, 0.2) is 42.5 Å². The van der Waals surface area contributed by atoms with Crippen LogP contribution in [-0.2, 0) is 16.1 Å². The van der Waals surface area contributed by atoms with E-state index < -0.39 is 0 Å². The molecule has 0 unspecified atom stereocenters. The van der Waals surface area contributed by atoms with Gasteiger partial charge in [-0.05, 0) is 67.6 Å². The maximum atomic E-state index is 12.4. The van der Waals surface area contributed by atoms with E-state index in [4.69, 9.17) is 21.1 Å². The lowest BCUT2D eigenvalue weighted by Gasteiger charge is -2.32. The summed E-state index contributed by atoms with van der Waals surface area (Å²) < 4.78 is 9.88. The van der Waals surface area contributed by atoms with E-state index >= 15 is 0 Å². The largest absolute Gasteiger partial charge is 0.495 e. The van der Waals surface area contributed by atoms with Crippen molar-refractivity contribution in [3.05, 3.63) is 58.6 Å². The van der Waals surface area contributed by atoms with E-state index in [0.717, 1.165) is 38.9 Å². The number of nitrogens with one attached hydrogen (secondary N) is 1. The predicted molar refractivity (Wildman–Crippen MR) is 122 cm³/mol. The van der Waals surface area contributed by atoms with E-state index in [-0.39, 0.29) is 11.9 Å². The molecule has 0 aromatic heterocycles. The molecule has 6 nitrogen and oxygen atoms in total. The number of anilines is 1. The van der Waals surface area contributed by atoms with Gasteiger partial charge in [-0.2, -0.15) is 0 Å². The van der Waals surface area contributed by atoms with Crippen LogP contribution in [0.2, 0.25) is 5.02 Å². The number of nitrogens with zero attached hydrogens (tertiary/aromatic N) is 1. The number of halogens is 1. The third kappa shape index (κ3) is 6.71. The van der Waals surface area contributed by atoms with E-state index in [1.165, 1.54) is 12.7 Å². The Labute approximate surface area is 188 Å². The summed E-state index contributed by atoms with van der Waals surface area (Å²) >= 11 is 6.12. The van der Waals surface area contributed by atoms with Crippen LogP contribution in [0.4, 0.5) is 5.69 Å². The lowest BCUT2D eigenvalue weighted by atomic mass is 9.93. The third-order valence-corrected chi connectivity index (χ3v) is 5.89. The zero-order valence-corrected chi connectivity index (χ0v) is 18.8. The molecule has 3 rings (SSSR count). The average Bonchev–Trinajstić information content (AvgIpc) is 2.78. The summed E-state index contributed by atoms with van der Waals surface area (Å²) in [7, 11) is 2.95. The highest BCUT2D eigenvalue weighted by atomic mass is 35.5. The number of carbonyl (C=O) groups is 2. The van der Waals surface area contributed by atoms with Crippen LogP contribution in [0.1, 0.15) is 41.6 Å². The Morgan fingerprint density at radius 1 is 1.16 bits per heavy atom. The molecule has 2 aromatic carbocycles. The Balaban J connectivity index is 1.45. The highest BCUT2D eigenvalue weighted by Crippen LogP contribution is 2.28. The minimum atomic E-state index is -0.320. The first-order valence-corrected chi connectivity index (χ1v) is 10.9. The minimum absolute atomic E-state index is 0.00300. The summed E-state index contributed by atoms with van der Waals surface area (Å²) in [6, 6.07) is 12.8. The lowest BCUT2D eigenvalue weighted by Crippen LogP contribution is -2.35. The van der Waals surface area contributed by atoms with Gasteiger partial charge >= 0.3 is 5.97 Å². The highest BCUT2D eigenvalue weighted by Gasteiger charge is 2.21. The van der Waals surface area contributed by atoms with E-state index in [0.29, 0.717) is 34.4 Å². The maximum Gasteiger partial charge on any atom is 0.337 e. The van der Waals surface area contributed by atoms with Gasteiger partial charge in [0.25, 0.3) is 0 Å². The number of rotatable bonds is 8. The van der Waals surface area contributed by atoms with Gasteiger partial charge in [-0.3, -0.25) is 9.69 Å². The van der Waals surface area contributed by atoms with Gasteiger partial charge in [-0.25, -0.2) is 4.79 Å². The standard InChI is InChI=1S/C24H29ClN2O4/c1-30-22-11-10-20(14-21(22)25)26-23(28)12-7-17-4-3-13-27(15-17)16-18-5-8-19(9-6-18)24(29)31-2/h5-6,8-11,14,17H,3-4,7,12-13,15-16H2,1-2H3,(H,26,28)/t17-/m0/s1. The van der Waals surface area contributed by atoms with E-state index in [1.807, 2.05) is 12.1 Å². The Morgan fingerprint density at radius 3 is 2.61 bits per heavy atom. The molecule has 1 N–H and O–H groups in total. The van der Waals surface area contributed by atoms with E-state index in [9.17, 15) is 9.59 Å². The van der Waals surface area contributed by atoms with Crippen molar-refractivity contribution in [2.24, 2.45) is 5.92 Å². The van der Waals surface area contributed by atoms with Crippen molar-refractivity contribution < 1.29 is 19.1 Å². The Hall–Kier alpha value is -2.57. The monoisotopic (exact) mass is 444 g/mol. The second kappa shape index (κ2) is 11.2. The smallest absolute Gasteiger partial charge is 0.337 e. The Bertz CT molecular complexity index is 901. The van der Waals surface area contributed by atoms with Crippen LogP contribution in [0, 0.1) is 5.92 Å². The number of amides is 1. The molecule has 1 aliphatic heterocycles. The second-order valence-electron chi connectivity index (χ2n) is 7.87. The van der Waals surface area contributed by atoms with E-state index in [1.54, 1.807) is 37.4 Å². The fourth-order valence-corrected chi connectivity index (χ4v) is 4.21. The van der Waals surface area contributed by atoms with Gasteiger partial charge < -0.3 is 14.8 Å². The number of carbonyl (C=O) groups excluding carboxylic acids is 2. The molecule has 1 saturated heterocycles. The van der Waals surface area contributed by atoms with Crippen LogP contribution < -0.4 is 10.1 Å². The van der Waals surface area contributed by atoms with Crippen LogP contribution in [0.25, 0.3) is 0 Å². The van der Waals surface area contributed by atoms with Crippen LogP contribution in [-0.4, -0.2) is 44.1 Å². The van der Waals surface area contributed by atoms with Gasteiger partial charge in [0.1, 0.15) is 5.75 Å². The number of hydrogen-bond donors (Lipinski definition) is 1. The summed E-state index contributed by atoms with van der Waals surface area (Å²) in [6.45, 7) is 2.86. The molecule has 1 heterocycles. The molecular formula is C24H29ClN2O4. The molecule has 1 amide bonds. The number of ether oxygens (including phenoxy) is 2. The topological polar surface area (TPSA) is 67.9 Å². The molecule has 0 aliphatic carbocycles. The van der Waals surface area contributed by atoms with Crippen molar-refractivity contribution in [3.8, 4) is 5.75 Å². The second-order valence-corrected chi connectivity index (χ2v) is 8.28. The molecule has 1 aliphatic rings. The fourth-order valence-electron chi connectivity index (χ4n) is 3.96. The van der Waals surface area contributed by atoms with Crippen molar-refractivity contribution in [2.75, 3.05) is 32.6 Å². The fraction of sp³-hybridized carbons (Fsp3) is 0.417. The molecule has 31 heavy (non-hydrogen) atoms. The SMILES string of the molecule is COC(=O)c1ccc(CN2CCC[C@@H](CCC(=O)Nc3ccc(OC)c(Cl)c3)C2)cc1. The first kappa shape index (κ1) is 23.1. The zero-order chi connectivity index (χ0) is 22.2. The van der Waals surface area contributed by atoms with Crippen LogP contribution in [0.5, 0.6) is 5.75 Å². The number of benzene rings is 2. The molecule has 166 valence electrons. The highest BCUT2D eigenvalue weighted by molar-refractivity contribution is 6.32. The van der Waals surface area contributed by atoms with Crippen molar-refractivity contribution in [1.29, 1.82) is 0 Å². The molecule has 1 atom stereocenters. The number of esters is 1. The summed E-state index contributed by atoms with van der Waals surface area (Å²) in [5, 5.41) is 3.39. The number of piperidine rings is 1. The van der Waals surface area contributed by atoms with Gasteiger partial charge in [0.05, 0.1) is 24.8 Å². The van der Waals surface area contributed by atoms with Crippen molar-refractivity contribution in [2.45, 2.75) is 32.2 Å². The summed E-state index contributed by atoms with van der Waals surface area (Å²) in [5.74, 6) is 0.756. The first-order chi connectivity index (χ1) is 15.0. The summed E-state index contributed by atoms with van der Waals surface area (Å²) in [6.07, 6.45) is 3.60. The van der Waals surface area contributed by atoms with Gasteiger partial charge in [0.2, 0.25) is 5.91 Å². The average molecular weight is 445 g/mol. The molecule has 0 spiro atoms. The molecule has 2 aromatic rings. The van der Waals surface area contributed by atoms with Crippen LogP contribution >= 0.6 is 11.6 Å². The number of methoxy groups -OCH3 is 2. The third-order valence-electron chi connectivity index (χ3n) is 5.60. The molecule has 0 saturated carbocycles. The molecule has 7 heteroatoms. The summed E-state index contributed by atoms with van der Waals surface area (Å²) in [5.41, 5.74) is 2.41. The molecular weight excluding hydrogens is 416 g/mol. The van der Waals surface area contributed by atoms with Gasteiger partial charge in [-0.1, -0.05) is 23.7 Å². The van der Waals surface area contributed by atoms with Gasteiger partial charge in [0.15, 0.2) is 0 Å². The van der Waals surface area contributed by atoms with E-state index in [2.05, 4.69) is 10.2 Å². The minimum Gasteiger partial charge on any atom is -0.495 e. The van der Waals surface area contributed by atoms with Gasteiger partial charge in [0, 0.05) is 25.2 Å².